The van der Waals surface area contributed by atoms with E-state index in [4.69, 9.17) is 20.9 Å². The lowest BCUT2D eigenvalue weighted by atomic mass is 10.1. The van der Waals surface area contributed by atoms with Gasteiger partial charge in [-0.05, 0) is 60.7 Å². The first kappa shape index (κ1) is 17.6. The van der Waals surface area contributed by atoms with Crippen LogP contribution in [-0.2, 0) is 13.2 Å². The Morgan fingerprint density at radius 3 is 1.27 bits per heavy atom. The van der Waals surface area contributed by atoms with Gasteiger partial charge in [-0.3, -0.25) is 0 Å². The smallest absolute Gasteiger partial charge is 0.133 e. The molecule has 0 amide bonds. The largest absolute Gasteiger partial charge is 0.457 e. The summed E-state index contributed by atoms with van der Waals surface area (Å²) < 4.78 is 11.6. The van der Waals surface area contributed by atoms with E-state index in [0.717, 1.165) is 0 Å². The van der Waals surface area contributed by atoms with Gasteiger partial charge >= 0.3 is 0 Å². The maximum atomic E-state index is 9.70. The first-order valence-electron chi connectivity index (χ1n) is 8.03. The topological polar surface area (TPSA) is 111 Å². The van der Waals surface area contributed by atoms with E-state index in [2.05, 4.69) is 0 Å². The molecule has 0 aliphatic heterocycles. The Morgan fingerprint density at radius 2 is 0.962 bits per heavy atom. The fourth-order valence-corrected chi connectivity index (χ4v) is 2.41. The zero-order valence-electron chi connectivity index (χ0n) is 14.1. The number of ether oxygens (including phenoxy) is 2. The van der Waals surface area contributed by atoms with Crippen LogP contribution in [0.5, 0.6) is 23.0 Å². The molecule has 0 aliphatic rings. The van der Waals surface area contributed by atoms with Crippen molar-refractivity contribution in [1.29, 1.82) is 0 Å². The molecule has 0 fully saturated rings. The lowest BCUT2D eigenvalue weighted by molar-refractivity contribution is 0.269. The molecule has 0 aliphatic carbocycles. The van der Waals surface area contributed by atoms with Crippen LogP contribution in [0, 0.1) is 0 Å². The van der Waals surface area contributed by atoms with Gasteiger partial charge in [-0.2, -0.15) is 0 Å². The van der Waals surface area contributed by atoms with Gasteiger partial charge in [0, 0.05) is 22.5 Å². The Kier molecular flexibility index (Phi) is 5.26. The van der Waals surface area contributed by atoms with E-state index in [-0.39, 0.29) is 13.2 Å². The van der Waals surface area contributed by atoms with Crippen molar-refractivity contribution in [3.8, 4) is 23.0 Å². The Bertz CT molecular complexity index is 802. The quantitative estimate of drug-likeness (QED) is 0.506. The van der Waals surface area contributed by atoms with Gasteiger partial charge in [-0.15, -0.1) is 0 Å². The lowest BCUT2D eigenvalue weighted by Gasteiger charge is -2.16. The summed E-state index contributed by atoms with van der Waals surface area (Å²) in [5, 5.41) is 19.4. The van der Waals surface area contributed by atoms with Crippen LogP contribution in [0.1, 0.15) is 11.1 Å². The average Bonchev–Trinajstić information content (AvgIpc) is 2.66. The Morgan fingerprint density at radius 1 is 0.615 bits per heavy atom. The Labute approximate surface area is 151 Å². The zero-order valence-corrected chi connectivity index (χ0v) is 14.1. The fraction of sp³-hybridized carbons (Fsp3) is 0.100. The van der Waals surface area contributed by atoms with Crippen molar-refractivity contribution in [2.24, 2.45) is 0 Å². The number of nitrogen functional groups attached to an aromatic ring is 2. The molecule has 6 N–H and O–H groups in total. The van der Waals surface area contributed by atoms with Crippen molar-refractivity contribution < 1.29 is 19.7 Å². The second kappa shape index (κ2) is 7.77. The average molecular weight is 352 g/mol. The first-order chi connectivity index (χ1) is 12.6. The van der Waals surface area contributed by atoms with Gasteiger partial charge in [0.2, 0.25) is 0 Å². The highest BCUT2D eigenvalue weighted by atomic mass is 16.5. The highest BCUT2D eigenvalue weighted by Crippen LogP contribution is 2.35. The van der Waals surface area contributed by atoms with Gasteiger partial charge < -0.3 is 31.2 Å². The van der Waals surface area contributed by atoms with E-state index in [1.165, 1.54) is 0 Å². The molecule has 0 unspecified atom stereocenters. The highest BCUT2D eigenvalue weighted by Gasteiger charge is 2.13. The molecule has 0 aromatic heterocycles. The minimum Gasteiger partial charge on any atom is -0.457 e. The predicted octanol–water partition coefficient (Wildman–Crippen LogP) is 3.42. The van der Waals surface area contributed by atoms with Crippen LogP contribution in [0.3, 0.4) is 0 Å². The van der Waals surface area contributed by atoms with E-state index in [1.807, 2.05) is 0 Å². The number of rotatable bonds is 6. The molecular formula is C20H20N2O4. The SMILES string of the molecule is Nc1ccc(Oc2cc(CO)c(Oc3ccc(N)cc3)cc2CO)cc1. The number of nitrogens with two attached hydrogens (primary N) is 2. The molecule has 6 heteroatoms. The maximum absolute atomic E-state index is 9.70. The predicted molar refractivity (Wildman–Crippen MR) is 100 cm³/mol. The maximum Gasteiger partial charge on any atom is 0.133 e. The van der Waals surface area contributed by atoms with Crippen LogP contribution in [0.25, 0.3) is 0 Å². The van der Waals surface area contributed by atoms with Gasteiger partial charge in [0.05, 0.1) is 13.2 Å². The number of aliphatic hydroxyl groups excluding tert-OH is 2. The molecule has 0 saturated heterocycles. The first-order valence-corrected chi connectivity index (χ1v) is 8.03. The minimum absolute atomic E-state index is 0.242. The Balaban J connectivity index is 1.91. The van der Waals surface area contributed by atoms with Gasteiger partial charge in [0.15, 0.2) is 0 Å². The summed E-state index contributed by atoms with van der Waals surface area (Å²) in [7, 11) is 0. The van der Waals surface area contributed by atoms with Gasteiger partial charge in [-0.25, -0.2) is 0 Å². The normalized spacial score (nSPS) is 10.5. The molecule has 0 heterocycles. The third-order valence-corrected chi connectivity index (χ3v) is 3.80. The van der Waals surface area contributed by atoms with E-state index >= 15 is 0 Å². The van der Waals surface area contributed by atoms with E-state index in [1.54, 1.807) is 60.7 Å². The number of hydrogen-bond donors (Lipinski definition) is 4. The van der Waals surface area contributed by atoms with Crippen molar-refractivity contribution in [3.05, 3.63) is 71.8 Å². The van der Waals surface area contributed by atoms with Crippen LogP contribution < -0.4 is 20.9 Å². The van der Waals surface area contributed by atoms with Crippen molar-refractivity contribution >= 4 is 11.4 Å². The highest BCUT2D eigenvalue weighted by molar-refractivity contribution is 5.51. The van der Waals surface area contributed by atoms with Crippen molar-refractivity contribution in [2.45, 2.75) is 13.2 Å². The number of benzene rings is 3. The van der Waals surface area contributed by atoms with Crippen molar-refractivity contribution in [1.82, 2.24) is 0 Å². The molecule has 0 radical (unpaired) electrons. The van der Waals surface area contributed by atoms with Gasteiger partial charge in [-0.1, -0.05) is 0 Å². The molecule has 26 heavy (non-hydrogen) atoms. The third kappa shape index (κ3) is 4.05. The van der Waals surface area contributed by atoms with Crippen LogP contribution in [0.4, 0.5) is 11.4 Å². The van der Waals surface area contributed by atoms with E-state index in [9.17, 15) is 10.2 Å². The molecule has 0 saturated carbocycles. The van der Waals surface area contributed by atoms with Crippen LogP contribution in [-0.4, -0.2) is 10.2 Å². The number of anilines is 2. The van der Waals surface area contributed by atoms with Crippen LogP contribution in [0.15, 0.2) is 60.7 Å². The van der Waals surface area contributed by atoms with Gasteiger partial charge in [0.1, 0.15) is 23.0 Å². The molecule has 3 rings (SSSR count). The molecule has 0 atom stereocenters. The summed E-state index contributed by atoms with van der Waals surface area (Å²) in [6.07, 6.45) is 0. The molecule has 3 aromatic carbocycles. The molecule has 6 nitrogen and oxygen atoms in total. The molecular weight excluding hydrogens is 332 g/mol. The summed E-state index contributed by atoms with van der Waals surface area (Å²) in [4.78, 5) is 0. The van der Waals surface area contributed by atoms with Crippen molar-refractivity contribution in [2.75, 3.05) is 11.5 Å². The zero-order chi connectivity index (χ0) is 18.5. The van der Waals surface area contributed by atoms with Gasteiger partial charge in [0.25, 0.3) is 0 Å². The van der Waals surface area contributed by atoms with Crippen LogP contribution in [0.2, 0.25) is 0 Å². The van der Waals surface area contributed by atoms with E-state index < -0.39 is 0 Å². The van der Waals surface area contributed by atoms with Crippen molar-refractivity contribution in [3.63, 3.8) is 0 Å². The second-order valence-corrected chi connectivity index (χ2v) is 5.73. The molecule has 0 bridgehead atoms. The van der Waals surface area contributed by atoms with E-state index in [0.29, 0.717) is 45.5 Å². The molecule has 3 aromatic rings. The monoisotopic (exact) mass is 352 g/mol. The summed E-state index contributed by atoms with van der Waals surface area (Å²) in [5.41, 5.74) is 13.7. The summed E-state index contributed by atoms with van der Waals surface area (Å²) in [6.45, 7) is -0.484. The fourth-order valence-electron chi connectivity index (χ4n) is 2.41. The second-order valence-electron chi connectivity index (χ2n) is 5.73. The minimum atomic E-state index is -0.242. The molecule has 0 spiro atoms. The van der Waals surface area contributed by atoms with Crippen LogP contribution >= 0.6 is 0 Å². The standard InChI is InChI=1S/C20H20N2O4/c21-15-1-5-17(6-2-15)25-19-9-14(12-24)20(10-13(19)11-23)26-18-7-3-16(22)4-8-18/h1-10,23-24H,11-12,21-22H2. The summed E-state index contributed by atoms with van der Waals surface area (Å²) in [6, 6.07) is 17.1. The third-order valence-electron chi connectivity index (χ3n) is 3.80. The molecule has 134 valence electrons. The number of hydrogen-bond acceptors (Lipinski definition) is 6. The lowest BCUT2D eigenvalue weighted by Crippen LogP contribution is -1.98. The Hall–Kier alpha value is -3.22. The number of aliphatic hydroxyl groups is 2. The summed E-state index contributed by atoms with van der Waals surface area (Å²) in [5.74, 6) is 2.02. The summed E-state index contributed by atoms with van der Waals surface area (Å²) >= 11 is 0.